The normalized spacial score (nSPS) is 13.6. The molecule has 0 aromatic carbocycles. The van der Waals surface area contributed by atoms with Crippen LogP contribution in [-0.4, -0.2) is 51.9 Å². The largest absolute Gasteiger partial charge is 0.469 e. The van der Waals surface area contributed by atoms with E-state index in [1.54, 1.807) is 0 Å². The zero-order chi connectivity index (χ0) is 34.3. The average molecular weight is 611 g/mol. The molecular weight excluding hydrogens is 568 g/mol. The number of carbonyl (C=O) groups is 3. The highest BCUT2D eigenvalue weighted by molar-refractivity contribution is 6.27. The summed E-state index contributed by atoms with van der Waals surface area (Å²) in [5.41, 5.74) is 10.4. The van der Waals surface area contributed by atoms with Gasteiger partial charge in [0.2, 0.25) is 0 Å². The summed E-state index contributed by atoms with van der Waals surface area (Å²) in [6, 6.07) is 3.97. The zero-order valence-electron chi connectivity index (χ0n) is 29.1. The predicted octanol–water partition coefficient (Wildman–Crippen LogP) is 7.00. The molecular formula is C36H40N4O5. The van der Waals surface area contributed by atoms with Gasteiger partial charge in [0.15, 0.2) is 5.78 Å². The first-order valence-corrected chi connectivity index (χ1v) is 15.1. The van der Waals surface area contributed by atoms with Crippen LogP contribution in [0.4, 0.5) is 0 Å². The van der Waals surface area contributed by atoms with Crippen molar-refractivity contribution in [1.82, 2.24) is 19.9 Å². The van der Waals surface area contributed by atoms with E-state index in [4.69, 9.17) is 19.4 Å². The standard InChI is InChI=1S/C36H40N4O5/c1-9-23-18(2)28-16-33-36(22(6)41)21(5)29(40-33)14-26-19(3)24(10-12-34(42)44-7)31(38-26)17-32-25(11-13-35(43)45-8)20(4)27(39-32)15-30(23)37-28/h14-17,37,39H,9-13H2,1-8H3/i15D,17D. The molecule has 3 aromatic rings. The van der Waals surface area contributed by atoms with E-state index in [1.807, 2.05) is 46.8 Å². The van der Waals surface area contributed by atoms with Crippen LogP contribution in [0.15, 0.2) is 24.2 Å². The molecule has 0 radical (unpaired) electrons. The number of nitrogens with one attached hydrogen (secondary N) is 2. The Hall–Kier alpha value is -4.79. The van der Waals surface area contributed by atoms with Crippen LogP contribution in [0.1, 0.15) is 94.7 Å². The van der Waals surface area contributed by atoms with E-state index < -0.39 is 0 Å². The van der Waals surface area contributed by atoms with E-state index in [1.165, 1.54) is 21.1 Å². The van der Waals surface area contributed by atoms with Gasteiger partial charge in [-0.1, -0.05) is 6.92 Å². The minimum absolute atomic E-state index is 0.0754. The van der Waals surface area contributed by atoms with Crippen LogP contribution in [0, 0.1) is 13.8 Å². The van der Waals surface area contributed by atoms with Crippen LogP contribution in [0.2, 0.25) is 0 Å². The molecule has 2 aliphatic rings. The molecule has 0 spiro atoms. The maximum Gasteiger partial charge on any atom is 0.305 e. The van der Waals surface area contributed by atoms with Crippen molar-refractivity contribution >= 4 is 62.1 Å². The molecule has 5 heterocycles. The fourth-order valence-corrected chi connectivity index (χ4v) is 6.12. The first-order valence-electron chi connectivity index (χ1n) is 16.1. The third kappa shape index (κ3) is 5.99. The number of aromatic nitrogens is 4. The molecule has 0 unspecified atom stereocenters. The summed E-state index contributed by atoms with van der Waals surface area (Å²) in [4.78, 5) is 54.0. The number of fused-ring (bicyclic) bond motifs is 8. The van der Waals surface area contributed by atoms with Gasteiger partial charge >= 0.3 is 11.9 Å². The molecule has 0 amide bonds. The van der Waals surface area contributed by atoms with Gasteiger partial charge in [-0.25, -0.2) is 9.97 Å². The van der Waals surface area contributed by atoms with Crippen molar-refractivity contribution in [2.45, 2.75) is 73.6 Å². The fourth-order valence-electron chi connectivity index (χ4n) is 6.12. The van der Waals surface area contributed by atoms with Gasteiger partial charge in [0, 0.05) is 40.5 Å². The SMILES string of the molecule is [2H]c1c2nc(cc3nc(cc4[nH]c(c(CC)c4C)c([2H])c4[nH]c1c(CCC(=O)OC)c4C)C(C(C)=O)=C3C)C(C)=C2CCC(=O)OC. The molecule has 234 valence electrons. The number of carbonyl (C=O) groups excluding carboxylic acids is 3. The summed E-state index contributed by atoms with van der Waals surface area (Å²) in [5, 5.41) is 0. The number of H-pyrrole nitrogens is 2. The highest BCUT2D eigenvalue weighted by Crippen LogP contribution is 2.37. The van der Waals surface area contributed by atoms with Crippen molar-refractivity contribution in [3.05, 3.63) is 69.2 Å². The Labute approximate surface area is 265 Å². The number of hydrogen-bond acceptors (Lipinski definition) is 7. The van der Waals surface area contributed by atoms with E-state index in [-0.39, 0.29) is 55.5 Å². The maximum atomic E-state index is 12.9. The van der Waals surface area contributed by atoms with Crippen molar-refractivity contribution in [2.24, 2.45) is 0 Å². The van der Waals surface area contributed by atoms with Gasteiger partial charge in [-0.3, -0.25) is 14.4 Å². The third-order valence-corrected chi connectivity index (χ3v) is 8.78. The number of ether oxygens (including phenoxy) is 2. The molecule has 0 saturated carbocycles. The zero-order valence-corrected chi connectivity index (χ0v) is 27.1. The van der Waals surface area contributed by atoms with E-state index in [0.717, 1.165) is 27.8 Å². The molecule has 2 aliphatic heterocycles. The lowest BCUT2D eigenvalue weighted by atomic mass is 9.99. The molecule has 0 atom stereocenters. The Morgan fingerprint density at radius 2 is 1.31 bits per heavy atom. The summed E-state index contributed by atoms with van der Waals surface area (Å²) in [7, 11) is 2.67. The van der Waals surface area contributed by atoms with Gasteiger partial charge in [0.25, 0.3) is 0 Å². The molecule has 5 rings (SSSR count). The van der Waals surface area contributed by atoms with Gasteiger partial charge in [0.1, 0.15) is 0 Å². The van der Waals surface area contributed by atoms with Crippen molar-refractivity contribution in [3.63, 3.8) is 0 Å². The molecule has 9 nitrogen and oxygen atoms in total. The van der Waals surface area contributed by atoms with Crippen LogP contribution in [-0.2, 0) is 36.7 Å². The lowest BCUT2D eigenvalue weighted by Gasteiger charge is -2.04. The number of allylic oxidation sites excluding steroid dienone is 4. The Morgan fingerprint density at radius 3 is 1.96 bits per heavy atom. The predicted molar refractivity (Wildman–Crippen MR) is 177 cm³/mol. The smallest absolute Gasteiger partial charge is 0.305 e. The van der Waals surface area contributed by atoms with Crippen molar-refractivity contribution < 1.29 is 26.6 Å². The van der Waals surface area contributed by atoms with Gasteiger partial charge in [0.05, 0.1) is 39.7 Å². The summed E-state index contributed by atoms with van der Waals surface area (Å²) < 4.78 is 28.7. The quantitative estimate of drug-likeness (QED) is 0.263. The molecule has 0 saturated heterocycles. The van der Waals surface area contributed by atoms with Crippen molar-refractivity contribution in [2.75, 3.05) is 14.2 Å². The first kappa shape index (κ1) is 29.0. The minimum atomic E-state index is -0.385. The van der Waals surface area contributed by atoms with Gasteiger partial charge < -0.3 is 19.4 Å². The maximum absolute atomic E-state index is 12.9. The van der Waals surface area contributed by atoms with Crippen LogP contribution >= 0.6 is 0 Å². The van der Waals surface area contributed by atoms with Gasteiger partial charge in [-0.15, -0.1) is 0 Å². The molecule has 0 fully saturated rings. The summed E-state index contributed by atoms with van der Waals surface area (Å²) >= 11 is 0. The Bertz CT molecular complexity index is 2080. The molecule has 8 bridgehead atoms. The lowest BCUT2D eigenvalue weighted by Crippen LogP contribution is -2.02. The fraction of sp³-hybridized carbons (Fsp3) is 0.361. The number of hydrogen-bond donors (Lipinski definition) is 2. The van der Waals surface area contributed by atoms with Crippen LogP contribution in [0.5, 0.6) is 0 Å². The Balaban J connectivity index is 1.99. The van der Waals surface area contributed by atoms with Crippen molar-refractivity contribution in [3.8, 4) is 0 Å². The number of nitrogens with zero attached hydrogens (tertiary/aromatic N) is 2. The van der Waals surface area contributed by atoms with E-state index in [9.17, 15) is 17.1 Å². The van der Waals surface area contributed by atoms with E-state index in [0.29, 0.717) is 68.0 Å². The van der Waals surface area contributed by atoms with Gasteiger partial charge in [-0.05, 0) is 117 Å². The number of aromatic amines is 2. The number of rotatable bonds is 8. The van der Waals surface area contributed by atoms with Crippen LogP contribution < -0.4 is 0 Å². The van der Waals surface area contributed by atoms with Crippen LogP contribution in [0.3, 0.4) is 0 Å². The van der Waals surface area contributed by atoms with E-state index in [2.05, 4.69) is 9.97 Å². The monoisotopic (exact) mass is 610 g/mol. The molecule has 2 N–H and O–H groups in total. The molecule has 45 heavy (non-hydrogen) atoms. The minimum Gasteiger partial charge on any atom is -0.469 e. The molecule has 0 aliphatic carbocycles. The molecule has 9 heteroatoms. The number of ketones is 1. The summed E-state index contributed by atoms with van der Waals surface area (Å²) in [6.45, 7) is 11.2. The summed E-state index contributed by atoms with van der Waals surface area (Å²) in [5.74, 6) is -0.885. The highest BCUT2D eigenvalue weighted by Gasteiger charge is 2.24. The second-order valence-corrected chi connectivity index (χ2v) is 11.4. The second-order valence-electron chi connectivity index (χ2n) is 11.4. The summed E-state index contributed by atoms with van der Waals surface area (Å²) in [6.07, 6.45) is 1.40. The third-order valence-electron chi connectivity index (χ3n) is 8.78. The highest BCUT2D eigenvalue weighted by atomic mass is 16.5. The number of methoxy groups -OCH3 is 2. The first-order chi connectivity index (χ1) is 22.3. The van der Waals surface area contributed by atoms with Gasteiger partial charge in [-0.2, -0.15) is 0 Å². The number of aryl methyl sites for hydroxylation is 4. The second kappa shape index (κ2) is 12.7. The number of esters is 2. The average Bonchev–Trinajstić information content (AvgIpc) is 3.74. The Morgan fingerprint density at radius 1 is 0.733 bits per heavy atom. The van der Waals surface area contributed by atoms with Crippen molar-refractivity contribution in [1.29, 1.82) is 0 Å². The topological polar surface area (TPSA) is 127 Å². The molecule has 3 aromatic heterocycles. The van der Waals surface area contributed by atoms with Crippen LogP contribution in [0.25, 0.3) is 44.4 Å². The number of Topliss-reactive ketones (excluding diaryl/α,β-unsaturated/α-hetero) is 1. The van der Waals surface area contributed by atoms with E-state index >= 15 is 0 Å². The Kier molecular flexibility index (Phi) is 8.15. The lowest BCUT2D eigenvalue weighted by molar-refractivity contribution is -0.141.